The summed E-state index contributed by atoms with van der Waals surface area (Å²) in [5.41, 5.74) is -3.26. The molecule has 0 spiro atoms. The summed E-state index contributed by atoms with van der Waals surface area (Å²) in [4.78, 5) is 0. The van der Waals surface area contributed by atoms with Crippen molar-refractivity contribution in [3.05, 3.63) is 181 Å². The van der Waals surface area contributed by atoms with Crippen molar-refractivity contribution in [2.75, 3.05) is 0 Å². The fourth-order valence-corrected chi connectivity index (χ4v) is 6.29. The highest BCUT2D eigenvalue weighted by molar-refractivity contribution is 6.24. The second-order valence-corrected chi connectivity index (χ2v) is 11.0. The highest BCUT2D eigenvalue weighted by atomic mass is 16.3. The largest absolute Gasteiger partial charge is 0.456 e. The zero-order valence-electron chi connectivity index (χ0n) is 48.9. The van der Waals surface area contributed by atoms with Crippen LogP contribution in [0.15, 0.2) is 186 Å². The molecule has 0 atom stereocenters. The second-order valence-electron chi connectivity index (χ2n) is 11.0. The molecule has 0 bridgehead atoms. The Balaban J connectivity index is 1.37. The van der Waals surface area contributed by atoms with E-state index in [9.17, 15) is 11.0 Å². The van der Waals surface area contributed by atoms with Gasteiger partial charge in [-0.15, -0.1) is 0 Å². The molecule has 0 amide bonds. The van der Waals surface area contributed by atoms with Crippen molar-refractivity contribution in [3.8, 4) is 44.5 Å². The average Bonchev–Trinajstić information content (AvgIpc) is 3.79. The van der Waals surface area contributed by atoms with Crippen LogP contribution >= 0.6 is 0 Å². The van der Waals surface area contributed by atoms with E-state index in [1.165, 1.54) is 12.1 Å². The maximum atomic E-state index is 9.72. The predicted molar refractivity (Wildman–Crippen MR) is 208 cm³/mol. The van der Waals surface area contributed by atoms with Crippen LogP contribution in [-0.2, 0) is 0 Å². The summed E-state index contributed by atoms with van der Waals surface area (Å²) in [5, 5.41) is -1.73. The van der Waals surface area contributed by atoms with Crippen molar-refractivity contribution in [1.29, 1.82) is 0 Å². The first-order valence-electron chi connectivity index (χ1n) is 26.9. The Labute approximate surface area is 318 Å². The van der Waals surface area contributed by atoms with Gasteiger partial charge in [0.2, 0.25) is 0 Å². The third kappa shape index (κ3) is 4.40. The Kier molecular flexibility index (Phi) is 2.91. The molecule has 228 valence electrons. The molecule has 10 rings (SSSR count). The van der Waals surface area contributed by atoms with Crippen molar-refractivity contribution < 1.29 is 37.3 Å². The minimum atomic E-state index is -0.820. The van der Waals surface area contributed by atoms with E-state index in [1.807, 2.05) is 0 Å². The van der Waals surface area contributed by atoms with Crippen LogP contribution in [0.4, 0.5) is 0 Å². The van der Waals surface area contributed by atoms with Gasteiger partial charge in [0, 0.05) is 10.8 Å². The molecular weight excluding hydrogens is 593 g/mol. The van der Waals surface area contributed by atoms with Gasteiger partial charge in [0.1, 0.15) is 11.2 Å². The van der Waals surface area contributed by atoms with Crippen molar-refractivity contribution in [1.82, 2.24) is 0 Å². The van der Waals surface area contributed by atoms with E-state index >= 15 is 0 Å². The summed E-state index contributed by atoms with van der Waals surface area (Å²) in [6, 6.07) is -8.63. The summed E-state index contributed by atoms with van der Waals surface area (Å²) in [6.45, 7) is 0. The lowest BCUT2D eigenvalue weighted by Crippen LogP contribution is -1.92. The Morgan fingerprint density at radius 2 is 0.796 bits per heavy atom. The molecule has 0 radical (unpaired) electrons. The maximum Gasteiger partial charge on any atom is 0.135 e. The highest BCUT2D eigenvalue weighted by Gasteiger charge is 2.19. The van der Waals surface area contributed by atoms with Gasteiger partial charge in [0.15, 0.2) is 0 Å². The van der Waals surface area contributed by atoms with Crippen LogP contribution in [0.25, 0.3) is 98.8 Å². The van der Waals surface area contributed by atoms with Crippen molar-refractivity contribution in [2.24, 2.45) is 0 Å². The molecule has 0 aliphatic heterocycles. The topological polar surface area (TPSA) is 13.1 Å². The molecule has 1 nitrogen and oxygen atoms in total. The van der Waals surface area contributed by atoms with Crippen molar-refractivity contribution in [2.45, 2.75) is 0 Å². The van der Waals surface area contributed by atoms with E-state index in [4.69, 9.17) is 26.3 Å². The van der Waals surface area contributed by atoms with E-state index < -0.39 is 189 Å². The van der Waals surface area contributed by atoms with Gasteiger partial charge in [0.25, 0.3) is 0 Å². The van der Waals surface area contributed by atoms with Crippen LogP contribution in [0.1, 0.15) is 32.9 Å². The van der Waals surface area contributed by atoms with E-state index in [-0.39, 0.29) is 54.6 Å². The number of rotatable bonds is 4. The Hall–Kier alpha value is -6.44. The lowest BCUT2D eigenvalue weighted by atomic mass is 9.84. The fraction of sp³-hybridized carbons (Fsp3) is 0. The normalized spacial score (nSPS) is 18.5. The molecule has 49 heavy (non-hydrogen) atoms. The third-order valence-corrected chi connectivity index (χ3v) is 8.35. The van der Waals surface area contributed by atoms with Gasteiger partial charge in [-0.05, 0) is 101 Å². The molecule has 9 aromatic carbocycles. The van der Waals surface area contributed by atoms with Crippen LogP contribution in [0.3, 0.4) is 0 Å². The van der Waals surface area contributed by atoms with Gasteiger partial charge >= 0.3 is 0 Å². The molecule has 0 aliphatic carbocycles. The molecule has 1 heteroatoms. The molecule has 10 aromatic rings. The minimum Gasteiger partial charge on any atom is -0.456 e. The molecule has 0 N–H and O–H groups in total. The first-order chi connectivity index (χ1) is 34.3. The molecule has 0 aliphatic rings. The second kappa shape index (κ2) is 11.1. The summed E-state index contributed by atoms with van der Waals surface area (Å²) in [6.07, 6.45) is 0. The van der Waals surface area contributed by atoms with E-state index in [1.54, 1.807) is 24.3 Å². The Morgan fingerprint density at radius 1 is 0.327 bits per heavy atom. The number of hydrogen-bond acceptors (Lipinski definition) is 1. The Bertz CT molecular complexity index is 4120. The molecule has 0 saturated carbocycles. The van der Waals surface area contributed by atoms with E-state index in [0.717, 1.165) is 0 Å². The van der Waals surface area contributed by atoms with Gasteiger partial charge in [-0.1, -0.05) is 157 Å². The van der Waals surface area contributed by atoms with Crippen LogP contribution in [0, 0.1) is 0 Å². The first-order valence-corrected chi connectivity index (χ1v) is 14.9. The van der Waals surface area contributed by atoms with Gasteiger partial charge in [-0.2, -0.15) is 0 Å². The van der Waals surface area contributed by atoms with Crippen LogP contribution in [0.2, 0.25) is 0 Å². The lowest BCUT2D eigenvalue weighted by molar-refractivity contribution is 0.669. The monoisotopic (exact) mass is 646 g/mol. The molecule has 0 fully saturated rings. The smallest absolute Gasteiger partial charge is 0.135 e. The van der Waals surface area contributed by atoms with E-state index in [0.29, 0.717) is 0 Å². The lowest BCUT2D eigenvalue weighted by Gasteiger charge is -2.19. The maximum absolute atomic E-state index is 9.72. The number of benzene rings is 9. The van der Waals surface area contributed by atoms with Gasteiger partial charge in [-0.3, -0.25) is 0 Å². The average molecular weight is 647 g/mol. The number of furan rings is 1. The molecule has 0 unspecified atom stereocenters. The third-order valence-electron chi connectivity index (χ3n) is 8.35. The summed E-state index contributed by atoms with van der Waals surface area (Å²) in [7, 11) is 0. The van der Waals surface area contributed by atoms with Crippen LogP contribution in [-0.4, -0.2) is 0 Å². The predicted octanol–water partition coefficient (Wildman–Crippen LogP) is 13.7. The fourth-order valence-electron chi connectivity index (χ4n) is 6.29. The number of hydrogen-bond donors (Lipinski definition) is 0. The first kappa shape index (κ1) is 12.9. The van der Waals surface area contributed by atoms with Gasteiger partial charge in [-0.25, -0.2) is 0 Å². The SMILES string of the molecule is [2H]c1c([2H])c([2H])c(-c2c([2H])c([2H])c3oc4c([2H])c([2H])c(-c5ccc(-c6c7c([2H])c([2H])c([2H])c([2H])c7c(-c7c([2H])c([2H])c([2H])c([2H])c7[2H])c7c([2H])c([2H])c([2H])c([2H])c67)c6ccccc56)c([2H])c4c3c2[2H])c([2H])c1[2H]. The summed E-state index contributed by atoms with van der Waals surface area (Å²) >= 11 is 0. The minimum absolute atomic E-state index is 0.0783. The molecule has 1 aromatic heterocycles. The van der Waals surface area contributed by atoms with Crippen molar-refractivity contribution >= 4 is 54.3 Å². The van der Waals surface area contributed by atoms with Gasteiger partial charge in [0.05, 0.1) is 32.9 Å². The summed E-state index contributed by atoms with van der Waals surface area (Å²) in [5.74, 6) is 0. The standard InChI is InChI=1S/C48H30O/c1-3-13-31(14-4-1)33-23-27-45-43(29-33)44-30-34(24-28-46(44)49-45)35-25-26-42(37-18-8-7-17-36(35)37)48-40-21-11-9-19-38(40)47(32-15-5-2-6-16-32)39-20-10-12-22-41(39)48/h1-30H/i1D,2D,3D,4D,5D,6D,9D,10D,11D,12D,13D,14D,15D,16D,19D,20D,21D,22D,23D,24D,27D,28D,29D,30D. The number of fused-ring (bicyclic) bond motifs is 6. The highest BCUT2D eigenvalue weighted by Crippen LogP contribution is 2.46. The quantitative estimate of drug-likeness (QED) is 0.173. The van der Waals surface area contributed by atoms with Crippen LogP contribution < -0.4 is 0 Å². The zero-order valence-corrected chi connectivity index (χ0v) is 24.9. The zero-order chi connectivity index (χ0) is 53.2. The molecular formula is C48H30O. The Morgan fingerprint density at radius 3 is 1.41 bits per heavy atom. The van der Waals surface area contributed by atoms with Crippen LogP contribution in [0.5, 0.6) is 0 Å². The molecule has 1 heterocycles. The van der Waals surface area contributed by atoms with Gasteiger partial charge < -0.3 is 4.42 Å². The summed E-state index contributed by atoms with van der Waals surface area (Å²) < 4.78 is 219. The van der Waals surface area contributed by atoms with Crippen molar-refractivity contribution in [3.63, 3.8) is 0 Å². The van der Waals surface area contributed by atoms with E-state index in [2.05, 4.69) is 0 Å². The molecule has 0 saturated heterocycles.